The maximum absolute atomic E-state index is 13.6. The Hall–Kier alpha value is -4.49. The minimum absolute atomic E-state index is 0.0243. The fourth-order valence-corrected chi connectivity index (χ4v) is 6.64. The van der Waals surface area contributed by atoms with Crippen LogP contribution >= 0.6 is 0 Å². The molecule has 0 unspecified atom stereocenters. The van der Waals surface area contributed by atoms with Gasteiger partial charge in [-0.2, -0.15) is 26.3 Å². The second kappa shape index (κ2) is 12.2. The quantitative estimate of drug-likeness (QED) is 0.242. The molecule has 3 aliphatic rings. The van der Waals surface area contributed by atoms with Gasteiger partial charge in [-0.05, 0) is 92.1 Å². The van der Waals surface area contributed by atoms with E-state index in [2.05, 4.69) is 4.90 Å². The Morgan fingerprint density at radius 1 is 1.00 bits per heavy atom. The predicted octanol–water partition coefficient (Wildman–Crippen LogP) is 7.97. The van der Waals surface area contributed by atoms with Crippen LogP contribution in [-0.2, 0) is 28.4 Å². The van der Waals surface area contributed by atoms with Crippen LogP contribution < -0.4 is 9.64 Å². The minimum atomic E-state index is -5.06. The molecule has 6 rings (SSSR count). The molecule has 1 N–H and O–H groups in total. The summed E-state index contributed by atoms with van der Waals surface area (Å²) >= 11 is 0. The van der Waals surface area contributed by atoms with E-state index in [0.717, 1.165) is 30.6 Å². The monoisotopic (exact) mass is 677 g/mol. The number of aliphatic carboxylic acids is 1. The van der Waals surface area contributed by atoms with Crippen LogP contribution in [0.2, 0.25) is 0 Å². The Morgan fingerprint density at radius 2 is 1.65 bits per heavy atom. The zero-order valence-electron chi connectivity index (χ0n) is 26.3. The molecule has 1 amide bonds. The van der Waals surface area contributed by atoms with E-state index in [-0.39, 0.29) is 18.5 Å². The Labute approximate surface area is 272 Å². The van der Waals surface area contributed by atoms with Crippen molar-refractivity contribution < 1.29 is 50.5 Å². The number of aryl methyl sites for hydroxylation is 1. The van der Waals surface area contributed by atoms with Crippen molar-refractivity contribution in [1.29, 1.82) is 0 Å². The number of halogens is 6. The molecular weight excluding hydrogens is 644 g/mol. The third kappa shape index (κ3) is 6.24. The number of rotatable bonds is 8. The van der Waals surface area contributed by atoms with Crippen molar-refractivity contribution in [1.82, 2.24) is 9.88 Å². The molecule has 8 nitrogen and oxygen atoms in total. The number of ether oxygens (including phenoxy) is 2. The highest BCUT2D eigenvalue weighted by Crippen LogP contribution is 2.46. The van der Waals surface area contributed by atoms with Gasteiger partial charge in [-0.1, -0.05) is 6.07 Å². The van der Waals surface area contributed by atoms with Crippen molar-refractivity contribution in [3.8, 4) is 16.9 Å². The van der Waals surface area contributed by atoms with E-state index in [4.69, 9.17) is 14.5 Å². The van der Waals surface area contributed by atoms with Crippen LogP contribution in [-0.4, -0.2) is 53.3 Å². The zero-order chi connectivity index (χ0) is 34.7. The molecule has 256 valence electrons. The maximum Gasteiger partial charge on any atom is 0.416 e. The lowest BCUT2D eigenvalue weighted by Crippen LogP contribution is -2.38. The number of carbonyl (C=O) groups excluding carboxylic acids is 1. The van der Waals surface area contributed by atoms with Gasteiger partial charge in [-0.25, -0.2) is 9.78 Å². The first-order valence-electron chi connectivity index (χ1n) is 15.5. The van der Waals surface area contributed by atoms with Crippen molar-refractivity contribution in [2.45, 2.75) is 70.1 Å². The summed E-state index contributed by atoms with van der Waals surface area (Å²) in [5.41, 5.74) is 0.0520. The number of anilines is 1. The molecule has 48 heavy (non-hydrogen) atoms. The van der Waals surface area contributed by atoms with E-state index in [0.29, 0.717) is 53.4 Å². The van der Waals surface area contributed by atoms with Crippen molar-refractivity contribution in [2.24, 2.45) is 5.92 Å². The molecule has 2 aromatic carbocycles. The molecule has 3 aromatic rings. The van der Waals surface area contributed by atoms with Gasteiger partial charge in [0.25, 0.3) is 0 Å². The van der Waals surface area contributed by atoms with Crippen LogP contribution in [0.4, 0.5) is 37.0 Å². The highest BCUT2D eigenvalue weighted by atomic mass is 19.4. The third-order valence-electron chi connectivity index (χ3n) is 9.56. The summed E-state index contributed by atoms with van der Waals surface area (Å²) in [6.45, 7) is 4.79. The summed E-state index contributed by atoms with van der Waals surface area (Å²) < 4.78 is 92.9. The standard InChI is InChI=1S/C34H33F6N3O5/c1-17-9-28(42-7-4-8-42)41-26(29(17)25-14-19(5-6-27(25)47-3)20-10-22(11-20)31(44)45)16-43-18(2)30(48-32(43)46)21-12-23(33(35,36)37)15-24(13-21)34(38,39)40/h5-6,9,12-15,18,20,22,30H,4,7-8,10-11,16H2,1-3H3,(H,44,45)/t18-,20?,22?,30-/m0/s1. The predicted molar refractivity (Wildman–Crippen MR) is 162 cm³/mol. The molecule has 0 bridgehead atoms. The number of aromatic nitrogens is 1. The SMILES string of the molecule is COc1ccc(C2CC(C(=O)O)C2)cc1-c1c(C)cc(N2CCC2)nc1CN1C(=O)O[C@H](c2cc(C(F)(F)F)cc(C(F)(F)F)c2)[C@@H]1C. The molecule has 2 saturated heterocycles. The summed E-state index contributed by atoms with van der Waals surface area (Å²) in [7, 11) is 1.51. The number of methoxy groups -OCH3 is 1. The molecule has 3 heterocycles. The summed E-state index contributed by atoms with van der Waals surface area (Å²) in [5.74, 6) is -0.0607. The van der Waals surface area contributed by atoms with Gasteiger partial charge in [-0.15, -0.1) is 0 Å². The van der Waals surface area contributed by atoms with E-state index in [1.807, 2.05) is 25.1 Å². The Bertz CT molecular complexity index is 1720. The first kappa shape index (κ1) is 33.4. The van der Waals surface area contributed by atoms with Crippen molar-refractivity contribution in [3.05, 3.63) is 76.0 Å². The van der Waals surface area contributed by atoms with Gasteiger partial charge in [0.15, 0.2) is 0 Å². The van der Waals surface area contributed by atoms with Gasteiger partial charge < -0.3 is 19.5 Å². The number of carbonyl (C=O) groups is 2. The van der Waals surface area contributed by atoms with Gasteiger partial charge in [0.2, 0.25) is 0 Å². The van der Waals surface area contributed by atoms with E-state index in [9.17, 15) is 41.0 Å². The number of carboxylic acid groups (broad SMARTS) is 1. The first-order chi connectivity index (χ1) is 22.5. The van der Waals surface area contributed by atoms with Crippen LogP contribution in [0, 0.1) is 12.8 Å². The lowest BCUT2D eigenvalue weighted by molar-refractivity contribution is -0.145. The van der Waals surface area contributed by atoms with Crippen LogP contribution in [0.3, 0.4) is 0 Å². The molecule has 0 spiro atoms. The second-order valence-corrected chi connectivity index (χ2v) is 12.6. The van der Waals surface area contributed by atoms with Crippen molar-refractivity contribution >= 4 is 17.9 Å². The minimum Gasteiger partial charge on any atom is -0.496 e. The number of alkyl halides is 6. The Balaban J connectivity index is 1.39. The first-order valence-corrected chi connectivity index (χ1v) is 15.5. The lowest BCUT2D eigenvalue weighted by Gasteiger charge is -2.34. The highest BCUT2D eigenvalue weighted by molar-refractivity contribution is 5.79. The van der Waals surface area contributed by atoms with Gasteiger partial charge in [0.1, 0.15) is 17.7 Å². The Kier molecular flexibility index (Phi) is 8.49. The number of pyridine rings is 1. The third-order valence-corrected chi connectivity index (χ3v) is 9.56. The van der Waals surface area contributed by atoms with Gasteiger partial charge >= 0.3 is 24.4 Å². The Morgan fingerprint density at radius 3 is 2.19 bits per heavy atom. The lowest BCUT2D eigenvalue weighted by atomic mass is 9.71. The number of carboxylic acids is 1. The summed E-state index contributed by atoms with van der Waals surface area (Å²) in [6.07, 6.45) is -10.5. The molecule has 1 aromatic heterocycles. The van der Waals surface area contributed by atoms with Gasteiger partial charge in [0, 0.05) is 24.2 Å². The topological polar surface area (TPSA) is 92.2 Å². The number of nitrogens with zero attached hydrogens (tertiary/aromatic N) is 3. The molecule has 0 radical (unpaired) electrons. The fraction of sp³-hybridized carbons (Fsp3) is 0.441. The van der Waals surface area contributed by atoms with Crippen LogP contribution in [0.5, 0.6) is 5.75 Å². The summed E-state index contributed by atoms with van der Waals surface area (Å²) in [6, 6.07) is 7.76. The van der Waals surface area contributed by atoms with Crippen molar-refractivity contribution in [3.63, 3.8) is 0 Å². The molecule has 1 saturated carbocycles. The fourth-order valence-electron chi connectivity index (χ4n) is 6.64. The van der Waals surface area contributed by atoms with Gasteiger partial charge in [-0.3, -0.25) is 9.69 Å². The molecular formula is C34H33F6N3O5. The van der Waals surface area contributed by atoms with Crippen LogP contribution in [0.25, 0.3) is 11.1 Å². The molecule has 2 atom stereocenters. The largest absolute Gasteiger partial charge is 0.496 e. The molecule has 2 aliphatic heterocycles. The molecule has 14 heteroatoms. The van der Waals surface area contributed by atoms with Crippen LogP contribution in [0.15, 0.2) is 42.5 Å². The van der Waals surface area contributed by atoms with Gasteiger partial charge in [0.05, 0.1) is 42.4 Å². The van der Waals surface area contributed by atoms with E-state index in [1.54, 1.807) is 6.07 Å². The number of benzene rings is 2. The molecule has 1 aliphatic carbocycles. The smallest absolute Gasteiger partial charge is 0.416 e. The molecule has 3 fully saturated rings. The average molecular weight is 678 g/mol. The number of amides is 1. The van der Waals surface area contributed by atoms with Crippen molar-refractivity contribution in [2.75, 3.05) is 25.1 Å². The number of cyclic esters (lactones) is 1. The normalized spacial score (nSPS) is 22.6. The van der Waals surface area contributed by atoms with Crippen LogP contribution in [0.1, 0.15) is 71.7 Å². The maximum atomic E-state index is 13.6. The average Bonchev–Trinajstić information content (AvgIpc) is 3.22. The zero-order valence-corrected chi connectivity index (χ0v) is 26.3. The van der Waals surface area contributed by atoms with E-state index in [1.165, 1.54) is 18.9 Å². The van der Waals surface area contributed by atoms with E-state index < -0.39 is 59.2 Å². The number of hydrogen-bond donors (Lipinski definition) is 1. The second-order valence-electron chi connectivity index (χ2n) is 12.6. The summed E-state index contributed by atoms with van der Waals surface area (Å²) in [5, 5.41) is 9.38. The van der Waals surface area contributed by atoms with E-state index >= 15 is 0 Å². The highest BCUT2D eigenvalue weighted by Gasteiger charge is 2.44. The summed E-state index contributed by atoms with van der Waals surface area (Å²) in [4.78, 5) is 33.0. The number of hydrogen-bond acceptors (Lipinski definition) is 6.